The van der Waals surface area contributed by atoms with E-state index >= 15 is 0 Å². The first-order chi connectivity index (χ1) is 7.74. The van der Waals surface area contributed by atoms with Gasteiger partial charge in [0.05, 0.1) is 14.7 Å². The monoisotopic (exact) mass is 299 g/mol. The number of hydrogen-bond donors (Lipinski definition) is 1. The third-order valence-electron chi connectivity index (χ3n) is 2.65. The summed E-state index contributed by atoms with van der Waals surface area (Å²) in [5.74, 6) is 1.71. The highest BCUT2D eigenvalue weighted by Gasteiger charge is 2.33. The highest BCUT2D eigenvalue weighted by molar-refractivity contribution is 9.11. The fourth-order valence-electron chi connectivity index (χ4n) is 1.56. The molecule has 0 saturated heterocycles. The van der Waals surface area contributed by atoms with Crippen LogP contribution in [-0.4, -0.2) is 10.1 Å². The molecule has 2 aromatic heterocycles. The van der Waals surface area contributed by atoms with E-state index in [-0.39, 0.29) is 6.04 Å². The summed E-state index contributed by atoms with van der Waals surface area (Å²) >= 11 is 4.99. The van der Waals surface area contributed by atoms with E-state index in [4.69, 9.17) is 10.3 Å². The van der Waals surface area contributed by atoms with Crippen LogP contribution in [0.15, 0.2) is 20.4 Å². The molecule has 0 amide bonds. The van der Waals surface area contributed by atoms with Crippen LogP contribution in [0.2, 0.25) is 0 Å². The van der Waals surface area contributed by atoms with Gasteiger partial charge in [0.1, 0.15) is 0 Å². The normalized spacial score (nSPS) is 17.6. The van der Waals surface area contributed by atoms with Gasteiger partial charge in [0, 0.05) is 0 Å². The maximum absolute atomic E-state index is 5.99. The van der Waals surface area contributed by atoms with E-state index in [2.05, 4.69) is 26.1 Å². The summed E-state index contributed by atoms with van der Waals surface area (Å²) in [6.07, 6.45) is 2.34. The van der Waals surface area contributed by atoms with E-state index in [0.29, 0.717) is 17.6 Å². The largest absolute Gasteiger partial charge is 0.337 e. The Labute approximate surface area is 105 Å². The summed E-state index contributed by atoms with van der Waals surface area (Å²) in [7, 11) is 0. The molecule has 2 N–H and O–H groups in total. The second-order valence-corrected chi connectivity index (χ2v) is 6.39. The molecule has 1 unspecified atom stereocenters. The first kappa shape index (κ1) is 10.4. The van der Waals surface area contributed by atoms with Gasteiger partial charge < -0.3 is 10.3 Å². The number of hydrogen-bond acceptors (Lipinski definition) is 5. The summed E-state index contributed by atoms with van der Waals surface area (Å²) < 4.78 is 6.25. The predicted octanol–water partition coefficient (Wildman–Crippen LogP) is 2.97. The van der Waals surface area contributed by atoms with Gasteiger partial charge in [0.2, 0.25) is 11.7 Å². The summed E-state index contributed by atoms with van der Waals surface area (Å²) in [5, 5.41) is 3.95. The van der Waals surface area contributed by atoms with Crippen LogP contribution in [0.5, 0.6) is 0 Å². The Morgan fingerprint density at radius 2 is 2.31 bits per heavy atom. The van der Waals surface area contributed by atoms with Crippen LogP contribution in [0.4, 0.5) is 0 Å². The summed E-state index contributed by atoms with van der Waals surface area (Å²) in [6.45, 7) is 0. The number of nitrogens with two attached hydrogens (primary N) is 1. The summed E-state index contributed by atoms with van der Waals surface area (Å²) in [5.41, 5.74) is 5.99. The molecule has 2 heterocycles. The Hall–Kier alpha value is -0.720. The van der Waals surface area contributed by atoms with Gasteiger partial charge in [0.25, 0.3) is 0 Å². The zero-order chi connectivity index (χ0) is 11.1. The minimum Gasteiger partial charge on any atom is -0.337 e. The van der Waals surface area contributed by atoms with Crippen LogP contribution >= 0.6 is 27.3 Å². The predicted molar refractivity (Wildman–Crippen MR) is 65.0 cm³/mol. The lowest BCUT2D eigenvalue weighted by Gasteiger charge is -2.01. The topological polar surface area (TPSA) is 64.9 Å². The van der Waals surface area contributed by atoms with Crippen LogP contribution in [0.1, 0.15) is 24.8 Å². The Morgan fingerprint density at radius 3 is 2.94 bits per heavy atom. The molecule has 84 valence electrons. The molecule has 1 aliphatic carbocycles. The molecule has 1 saturated carbocycles. The number of thiophene rings is 1. The average molecular weight is 300 g/mol. The zero-order valence-electron chi connectivity index (χ0n) is 8.39. The van der Waals surface area contributed by atoms with Crippen molar-refractivity contribution in [2.45, 2.75) is 18.9 Å². The van der Waals surface area contributed by atoms with Gasteiger partial charge in [-0.15, -0.1) is 11.3 Å². The lowest BCUT2D eigenvalue weighted by Crippen LogP contribution is -2.12. The van der Waals surface area contributed by atoms with Gasteiger partial charge in [-0.1, -0.05) is 5.16 Å². The van der Waals surface area contributed by atoms with Crippen LogP contribution in [-0.2, 0) is 0 Å². The molecule has 1 aliphatic rings. The molecule has 1 fully saturated rings. The smallest absolute Gasteiger partial charge is 0.244 e. The highest BCUT2D eigenvalue weighted by atomic mass is 79.9. The molecule has 2 aromatic rings. The molecule has 6 heteroatoms. The van der Waals surface area contributed by atoms with E-state index in [1.807, 2.05) is 12.1 Å². The van der Waals surface area contributed by atoms with E-state index in [0.717, 1.165) is 8.66 Å². The molecule has 4 nitrogen and oxygen atoms in total. The van der Waals surface area contributed by atoms with Crippen molar-refractivity contribution in [1.82, 2.24) is 10.1 Å². The van der Waals surface area contributed by atoms with Crippen molar-refractivity contribution in [2.24, 2.45) is 11.7 Å². The van der Waals surface area contributed by atoms with Crippen LogP contribution in [0, 0.1) is 5.92 Å². The number of aromatic nitrogens is 2. The minimum absolute atomic E-state index is 0.0929. The van der Waals surface area contributed by atoms with Gasteiger partial charge >= 0.3 is 0 Å². The Morgan fingerprint density at radius 1 is 1.50 bits per heavy atom. The fraction of sp³-hybridized carbons (Fsp3) is 0.400. The van der Waals surface area contributed by atoms with Crippen molar-refractivity contribution in [2.75, 3.05) is 0 Å². The number of rotatable bonds is 3. The molecule has 0 aromatic carbocycles. The second-order valence-electron chi connectivity index (χ2n) is 3.92. The summed E-state index contributed by atoms with van der Waals surface area (Å²) in [4.78, 5) is 5.33. The Kier molecular flexibility index (Phi) is 2.57. The molecule has 0 aliphatic heterocycles. The van der Waals surface area contributed by atoms with E-state index < -0.39 is 0 Å². The summed E-state index contributed by atoms with van der Waals surface area (Å²) in [6, 6.07) is 3.84. The highest BCUT2D eigenvalue weighted by Crippen LogP contribution is 2.39. The Balaban J connectivity index is 1.86. The molecule has 16 heavy (non-hydrogen) atoms. The van der Waals surface area contributed by atoms with Crippen LogP contribution in [0.25, 0.3) is 10.7 Å². The van der Waals surface area contributed by atoms with Crippen molar-refractivity contribution in [3.05, 3.63) is 21.8 Å². The van der Waals surface area contributed by atoms with Gasteiger partial charge in [-0.05, 0) is 46.8 Å². The SMILES string of the molecule is NC(c1nc(-c2ccc(Br)s2)no1)C1CC1. The first-order valence-electron chi connectivity index (χ1n) is 5.09. The standard InChI is InChI=1S/C10H10BrN3OS/c11-7-4-3-6(16-7)9-13-10(15-14-9)8(12)5-1-2-5/h3-5,8H,1-2,12H2. The molecule has 0 spiro atoms. The number of halogens is 1. The lowest BCUT2D eigenvalue weighted by molar-refractivity contribution is 0.343. The van der Waals surface area contributed by atoms with Crippen molar-refractivity contribution in [3.8, 4) is 10.7 Å². The minimum atomic E-state index is -0.0929. The van der Waals surface area contributed by atoms with E-state index in [9.17, 15) is 0 Å². The molecule has 1 atom stereocenters. The zero-order valence-corrected chi connectivity index (χ0v) is 10.8. The van der Waals surface area contributed by atoms with E-state index in [1.165, 1.54) is 12.8 Å². The van der Waals surface area contributed by atoms with Crippen molar-refractivity contribution < 1.29 is 4.52 Å². The number of nitrogens with zero attached hydrogens (tertiary/aromatic N) is 2. The molecule has 0 bridgehead atoms. The Bertz CT molecular complexity index is 506. The lowest BCUT2D eigenvalue weighted by atomic mass is 10.2. The molecule has 0 radical (unpaired) electrons. The average Bonchev–Trinajstić information content (AvgIpc) is 2.84. The maximum Gasteiger partial charge on any atom is 0.244 e. The molecule has 3 rings (SSSR count). The maximum atomic E-state index is 5.99. The third-order valence-corrected chi connectivity index (χ3v) is 4.27. The molecular formula is C10H10BrN3OS. The van der Waals surface area contributed by atoms with Gasteiger partial charge in [-0.2, -0.15) is 4.98 Å². The fourth-order valence-corrected chi connectivity index (χ4v) is 2.87. The quantitative estimate of drug-likeness (QED) is 0.946. The second kappa shape index (κ2) is 3.94. The van der Waals surface area contributed by atoms with Crippen molar-refractivity contribution in [1.29, 1.82) is 0 Å². The first-order valence-corrected chi connectivity index (χ1v) is 6.70. The van der Waals surface area contributed by atoms with Gasteiger partial charge in [0.15, 0.2) is 0 Å². The third kappa shape index (κ3) is 1.92. The van der Waals surface area contributed by atoms with Gasteiger partial charge in [-0.25, -0.2) is 0 Å². The van der Waals surface area contributed by atoms with Crippen LogP contribution in [0.3, 0.4) is 0 Å². The van der Waals surface area contributed by atoms with Gasteiger partial charge in [-0.3, -0.25) is 0 Å². The van der Waals surface area contributed by atoms with Crippen molar-refractivity contribution >= 4 is 27.3 Å². The van der Waals surface area contributed by atoms with E-state index in [1.54, 1.807) is 11.3 Å². The molecular weight excluding hydrogens is 290 g/mol. The van der Waals surface area contributed by atoms with Crippen molar-refractivity contribution in [3.63, 3.8) is 0 Å². The van der Waals surface area contributed by atoms with Crippen LogP contribution < -0.4 is 5.73 Å².